The highest BCUT2D eigenvalue weighted by molar-refractivity contribution is 7.89. The molecule has 0 aliphatic rings. The minimum absolute atomic E-state index is 0.182. The van der Waals surface area contributed by atoms with E-state index >= 15 is 0 Å². The first-order valence-corrected chi connectivity index (χ1v) is 12.3. The Morgan fingerprint density at radius 2 is 1.91 bits per heavy atom. The van der Waals surface area contributed by atoms with Gasteiger partial charge in [-0.3, -0.25) is 4.79 Å². The fourth-order valence-electron chi connectivity index (χ4n) is 3.71. The van der Waals surface area contributed by atoms with Crippen LogP contribution in [0.2, 0.25) is 0 Å². The van der Waals surface area contributed by atoms with Crippen molar-refractivity contribution in [3.8, 4) is 11.4 Å². The molecule has 4 rings (SSSR count). The number of anilines is 1. The van der Waals surface area contributed by atoms with E-state index in [0.717, 1.165) is 5.52 Å². The van der Waals surface area contributed by atoms with Gasteiger partial charge in [-0.25, -0.2) is 17.7 Å². The first kappa shape index (κ1) is 23.6. The summed E-state index contributed by atoms with van der Waals surface area (Å²) in [5, 5.41) is 6.85. The van der Waals surface area contributed by atoms with Gasteiger partial charge in [0.2, 0.25) is 27.6 Å². The van der Waals surface area contributed by atoms with E-state index in [1.807, 2.05) is 29.7 Å². The molecule has 0 unspecified atom stereocenters. The molecule has 178 valence electrons. The molecule has 2 aromatic carbocycles. The van der Waals surface area contributed by atoms with Crippen LogP contribution in [0.3, 0.4) is 0 Å². The Balaban J connectivity index is 1.53. The summed E-state index contributed by atoms with van der Waals surface area (Å²) in [6.45, 7) is 4.34. The number of carbonyl (C=O) groups excluding carboxylic acids is 1. The predicted octanol–water partition coefficient (Wildman–Crippen LogP) is 3.24. The summed E-state index contributed by atoms with van der Waals surface area (Å²) < 4.78 is 33.2. The van der Waals surface area contributed by atoms with Gasteiger partial charge in [0.15, 0.2) is 0 Å². The van der Waals surface area contributed by atoms with Crippen LogP contribution in [0.4, 0.5) is 5.69 Å². The third-order valence-corrected chi connectivity index (χ3v) is 7.25. The molecule has 1 N–H and O–H groups in total. The van der Waals surface area contributed by atoms with Crippen LogP contribution in [-0.4, -0.2) is 52.4 Å². The molecule has 0 saturated heterocycles. The third-order valence-electron chi connectivity index (χ3n) is 5.44. The Kier molecular flexibility index (Phi) is 6.49. The summed E-state index contributed by atoms with van der Waals surface area (Å²) in [6.07, 6.45) is 0.597. The lowest BCUT2D eigenvalue weighted by Gasteiger charge is -2.11. The number of benzene rings is 2. The highest BCUT2D eigenvalue weighted by Gasteiger charge is 2.20. The molecule has 0 spiro atoms. The maximum absolute atomic E-state index is 12.8. The highest BCUT2D eigenvalue weighted by Crippen LogP contribution is 2.26. The minimum atomic E-state index is -3.56. The number of carbonyl (C=O) groups is 1. The van der Waals surface area contributed by atoms with E-state index in [0.29, 0.717) is 47.3 Å². The average Bonchev–Trinajstić information content (AvgIpc) is 3.40. The molecule has 0 radical (unpaired) electrons. The second-order valence-corrected chi connectivity index (χ2v) is 10.1. The Bertz CT molecular complexity index is 1460. The van der Waals surface area contributed by atoms with Crippen LogP contribution in [0, 0.1) is 6.92 Å². The molecule has 11 heteroatoms. The molecule has 1 amide bonds. The van der Waals surface area contributed by atoms with Crippen molar-refractivity contribution in [2.24, 2.45) is 0 Å². The number of aryl methyl sites for hydroxylation is 3. The highest BCUT2D eigenvalue weighted by atomic mass is 32.2. The van der Waals surface area contributed by atoms with Gasteiger partial charge >= 0.3 is 0 Å². The summed E-state index contributed by atoms with van der Waals surface area (Å²) in [5.74, 6) is 1.38. The fraction of sp³-hybridized carbons (Fsp3) is 0.304. The van der Waals surface area contributed by atoms with Crippen molar-refractivity contribution in [2.75, 3.05) is 19.4 Å². The molecule has 2 aromatic heterocycles. The van der Waals surface area contributed by atoms with Crippen molar-refractivity contribution >= 4 is 32.7 Å². The number of fused-ring (bicyclic) bond motifs is 1. The summed E-state index contributed by atoms with van der Waals surface area (Å²) in [5.41, 5.74) is 2.67. The number of nitrogens with zero attached hydrogens (tertiary/aromatic N) is 5. The maximum Gasteiger partial charge on any atom is 0.242 e. The number of amides is 1. The van der Waals surface area contributed by atoms with E-state index in [9.17, 15) is 13.2 Å². The van der Waals surface area contributed by atoms with Gasteiger partial charge in [-0.15, -0.1) is 0 Å². The molecule has 0 bridgehead atoms. The fourth-order valence-corrected chi connectivity index (χ4v) is 4.63. The quantitative estimate of drug-likeness (QED) is 0.409. The zero-order valence-corrected chi connectivity index (χ0v) is 20.3. The largest absolute Gasteiger partial charge is 0.339 e. The van der Waals surface area contributed by atoms with Gasteiger partial charge in [-0.1, -0.05) is 17.3 Å². The Morgan fingerprint density at radius 3 is 2.59 bits per heavy atom. The Hall–Kier alpha value is -3.57. The van der Waals surface area contributed by atoms with Gasteiger partial charge in [-0.2, -0.15) is 4.98 Å². The number of imidazole rings is 1. The van der Waals surface area contributed by atoms with E-state index < -0.39 is 10.0 Å². The van der Waals surface area contributed by atoms with Crippen LogP contribution in [0.1, 0.15) is 25.1 Å². The van der Waals surface area contributed by atoms with Crippen LogP contribution in [0.25, 0.3) is 22.4 Å². The normalized spacial score (nSPS) is 11.9. The van der Waals surface area contributed by atoms with Gasteiger partial charge in [0.25, 0.3) is 0 Å². The molecule has 2 heterocycles. The van der Waals surface area contributed by atoms with Crippen molar-refractivity contribution in [2.45, 2.75) is 38.1 Å². The van der Waals surface area contributed by atoms with E-state index in [2.05, 4.69) is 20.4 Å². The molecule has 0 saturated carbocycles. The molecule has 0 aliphatic carbocycles. The lowest BCUT2D eigenvalue weighted by atomic mass is 10.1. The lowest BCUT2D eigenvalue weighted by molar-refractivity contribution is -0.116. The summed E-state index contributed by atoms with van der Waals surface area (Å²) >= 11 is 0. The third kappa shape index (κ3) is 4.57. The standard InChI is InChI=1S/C23H26N6O4S/c1-5-29-20-11-10-16(34(31,32)28(3)4)14-19(20)25-21(29)12-13-22(30)26-18-9-7-6-8-17(18)23-24-15(2)33-27-23/h6-11,14H,5,12-13H2,1-4H3,(H,26,30). The molecular weight excluding hydrogens is 456 g/mol. The van der Waals surface area contributed by atoms with Crippen LogP contribution < -0.4 is 5.32 Å². The van der Waals surface area contributed by atoms with E-state index in [1.54, 1.807) is 31.2 Å². The number of hydrogen-bond acceptors (Lipinski definition) is 7. The number of aromatic nitrogens is 4. The van der Waals surface area contributed by atoms with Crippen LogP contribution in [-0.2, 0) is 27.8 Å². The first-order valence-electron chi connectivity index (χ1n) is 10.8. The van der Waals surface area contributed by atoms with E-state index in [4.69, 9.17) is 4.52 Å². The molecule has 10 nitrogen and oxygen atoms in total. The van der Waals surface area contributed by atoms with Crippen LogP contribution >= 0.6 is 0 Å². The number of nitrogens with one attached hydrogen (secondary N) is 1. The van der Waals surface area contributed by atoms with Gasteiger partial charge in [0, 0.05) is 46.0 Å². The summed E-state index contributed by atoms with van der Waals surface area (Å²) in [6, 6.07) is 12.2. The smallest absolute Gasteiger partial charge is 0.242 e. The van der Waals surface area contributed by atoms with Gasteiger partial charge in [0.1, 0.15) is 5.82 Å². The summed E-state index contributed by atoms with van der Waals surface area (Å²) in [4.78, 5) is 21.8. The zero-order valence-electron chi connectivity index (χ0n) is 19.4. The van der Waals surface area contributed by atoms with Crippen molar-refractivity contribution < 1.29 is 17.7 Å². The van der Waals surface area contributed by atoms with Crippen molar-refractivity contribution in [1.29, 1.82) is 0 Å². The molecule has 0 atom stereocenters. The zero-order chi connectivity index (χ0) is 24.5. The van der Waals surface area contributed by atoms with Crippen molar-refractivity contribution in [1.82, 2.24) is 24.0 Å². The molecule has 0 fully saturated rings. The van der Waals surface area contributed by atoms with E-state index in [-0.39, 0.29) is 17.2 Å². The molecule has 0 aliphatic heterocycles. The topological polar surface area (TPSA) is 123 Å². The molecule has 34 heavy (non-hydrogen) atoms. The first-order chi connectivity index (χ1) is 16.2. The van der Waals surface area contributed by atoms with Gasteiger partial charge in [0.05, 0.1) is 21.6 Å². The lowest BCUT2D eigenvalue weighted by Crippen LogP contribution is -2.22. The van der Waals surface area contributed by atoms with Crippen molar-refractivity contribution in [3.05, 3.63) is 54.2 Å². The average molecular weight is 483 g/mol. The second-order valence-electron chi connectivity index (χ2n) is 7.94. The number of rotatable bonds is 8. The SMILES string of the molecule is CCn1c(CCC(=O)Nc2ccccc2-c2noc(C)n2)nc2cc(S(=O)(=O)N(C)C)ccc21. The summed E-state index contributed by atoms with van der Waals surface area (Å²) in [7, 11) is -0.577. The van der Waals surface area contributed by atoms with Gasteiger partial charge in [-0.05, 0) is 37.3 Å². The van der Waals surface area contributed by atoms with E-state index in [1.165, 1.54) is 18.4 Å². The molecule has 4 aromatic rings. The van der Waals surface area contributed by atoms with Crippen LogP contribution in [0.15, 0.2) is 51.9 Å². The van der Waals surface area contributed by atoms with Gasteiger partial charge < -0.3 is 14.4 Å². The molecular formula is C23H26N6O4S. The maximum atomic E-state index is 12.8. The predicted molar refractivity (Wildman–Crippen MR) is 128 cm³/mol. The van der Waals surface area contributed by atoms with Crippen molar-refractivity contribution in [3.63, 3.8) is 0 Å². The Morgan fingerprint density at radius 1 is 1.15 bits per heavy atom. The number of para-hydroxylation sites is 1. The van der Waals surface area contributed by atoms with Crippen LogP contribution in [0.5, 0.6) is 0 Å². The number of sulfonamides is 1. The number of hydrogen-bond donors (Lipinski definition) is 1. The monoisotopic (exact) mass is 482 g/mol. The Labute approximate surface area is 197 Å². The second kappa shape index (κ2) is 9.35. The minimum Gasteiger partial charge on any atom is -0.339 e.